The molecule has 0 saturated carbocycles. The van der Waals surface area contributed by atoms with Crippen LogP contribution in [0.2, 0.25) is 0 Å². The zero-order chi connectivity index (χ0) is 16.0. The van der Waals surface area contributed by atoms with Gasteiger partial charge in [-0.15, -0.1) is 0 Å². The lowest BCUT2D eigenvalue weighted by molar-refractivity contribution is -0.133. The first-order chi connectivity index (χ1) is 11.2. The number of methoxy groups -OCH3 is 1. The van der Waals surface area contributed by atoms with Gasteiger partial charge in [0.25, 0.3) is 0 Å². The highest BCUT2D eigenvalue weighted by molar-refractivity contribution is 6.23. The first-order valence-electron chi connectivity index (χ1n) is 7.33. The van der Waals surface area contributed by atoms with E-state index in [1.165, 1.54) is 7.11 Å². The highest BCUT2D eigenvalue weighted by Crippen LogP contribution is 2.32. The van der Waals surface area contributed by atoms with E-state index in [1.807, 2.05) is 42.5 Å². The van der Waals surface area contributed by atoms with E-state index in [0.29, 0.717) is 16.8 Å². The SMILES string of the molecule is COC(=O)C1=CCC(=O)c2nc3ccc4ccccc4c3cc21. The quantitative estimate of drug-likeness (QED) is 0.510. The Hall–Kier alpha value is -3.01. The lowest BCUT2D eigenvalue weighted by atomic mass is 9.91. The normalized spacial score (nSPS) is 13.8. The summed E-state index contributed by atoms with van der Waals surface area (Å²) in [4.78, 5) is 28.7. The Labute approximate surface area is 132 Å². The molecule has 1 aliphatic rings. The number of nitrogens with zero attached hydrogens (tertiary/aromatic N) is 1. The highest BCUT2D eigenvalue weighted by Gasteiger charge is 2.26. The van der Waals surface area contributed by atoms with Crippen molar-refractivity contribution in [2.24, 2.45) is 0 Å². The Morgan fingerprint density at radius 3 is 2.78 bits per heavy atom. The van der Waals surface area contributed by atoms with Gasteiger partial charge in [-0.2, -0.15) is 0 Å². The zero-order valence-electron chi connectivity index (χ0n) is 12.5. The van der Waals surface area contributed by atoms with Gasteiger partial charge in [0.15, 0.2) is 5.78 Å². The number of allylic oxidation sites excluding steroid dienone is 1. The fourth-order valence-electron chi connectivity index (χ4n) is 3.05. The van der Waals surface area contributed by atoms with Crippen molar-refractivity contribution < 1.29 is 14.3 Å². The monoisotopic (exact) mass is 303 g/mol. The van der Waals surface area contributed by atoms with Gasteiger partial charge in [-0.1, -0.05) is 36.4 Å². The Balaban J connectivity index is 2.08. The Bertz CT molecular complexity index is 1020. The molecule has 23 heavy (non-hydrogen) atoms. The second-order valence-corrected chi connectivity index (χ2v) is 5.47. The summed E-state index contributed by atoms with van der Waals surface area (Å²) < 4.78 is 4.84. The summed E-state index contributed by atoms with van der Waals surface area (Å²) in [6, 6.07) is 13.7. The van der Waals surface area contributed by atoms with Crippen LogP contribution in [0.5, 0.6) is 0 Å². The van der Waals surface area contributed by atoms with Crippen LogP contribution >= 0.6 is 0 Å². The number of hydrogen-bond acceptors (Lipinski definition) is 4. The van der Waals surface area contributed by atoms with Crippen molar-refractivity contribution >= 4 is 39.0 Å². The zero-order valence-corrected chi connectivity index (χ0v) is 12.5. The van der Waals surface area contributed by atoms with Crippen LogP contribution in [-0.2, 0) is 9.53 Å². The second kappa shape index (κ2) is 5.02. The molecular weight excluding hydrogens is 290 g/mol. The van der Waals surface area contributed by atoms with Crippen molar-refractivity contribution in [3.63, 3.8) is 0 Å². The fourth-order valence-corrected chi connectivity index (χ4v) is 3.05. The van der Waals surface area contributed by atoms with Crippen LogP contribution in [0.4, 0.5) is 0 Å². The topological polar surface area (TPSA) is 56.3 Å². The average molecular weight is 303 g/mol. The third kappa shape index (κ3) is 2.03. The number of carbonyl (C=O) groups is 2. The second-order valence-electron chi connectivity index (χ2n) is 5.47. The molecule has 4 heteroatoms. The van der Waals surface area contributed by atoms with Crippen LogP contribution in [0.3, 0.4) is 0 Å². The summed E-state index contributed by atoms with van der Waals surface area (Å²) in [6.45, 7) is 0. The van der Waals surface area contributed by atoms with Crippen LogP contribution in [0, 0.1) is 0 Å². The van der Waals surface area contributed by atoms with Crippen LogP contribution in [0.1, 0.15) is 22.5 Å². The summed E-state index contributed by atoms with van der Waals surface area (Å²) in [7, 11) is 1.34. The number of hydrogen-bond donors (Lipinski definition) is 0. The first kappa shape index (κ1) is 13.6. The number of ketones is 1. The minimum Gasteiger partial charge on any atom is -0.465 e. The number of aromatic nitrogens is 1. The molecule has 0 fully saturated rings. The molecule has 4 nitrogen and oxygen atoms in total. The number of esters is 1. The van der Waals surface area contributed by atoms with E-state index >= 15 is 0 Å². The molecule has 1 heterocycles. The maximum absolute atomic E-state index is 12.2. The van der Waals surface area contributed by atoms with Crippen LogP contribution in [0.25, 0.3) is 27.2 Å². The molecule has 0 radical (unpaired) electrons. The van der Waals surface area contributed by atoms with Gasteiger partial charge in [-0.25, -0.2) is 9.78 Å². The van der Waals surface area contributed by atoms with Gasteiger partial charge < -0.3 is 4.74 Å². The maximum Gasteiger partial charge on any atom is 0.338 e. The molecule has 0 saturated heterocycles. The molecule has 0 unspecified atom stereocenters. The molecule has 1 aromatic heterocycles. The van der Waals surface area contributed by atoms with Crippen molar-refractivity contribution in [1.29, 1.82) is 0 Å². The van der Waals surface area contributed by atoms with Gasteiger partial charge in [-0.3, -0.25) is 4.79 Å². The van der Waals surface area contributed by atoms with Crippen molar-refractivity contribution in [1.82, 2.24) is 4.98 Å². The summed E-state index contributed by atoms with van der Waals surface area (Å²) in [5, 5.41) is 3.06. The van der Waals surface area contributed by atoms with Gasteiger partial charge in [0, 0.05) is 17.4 Å². The number of ether oxygens (including phenoxy) is 1. The molecule has 0 amide bonds. The third-order valence-electron chi connectivity index (χ3n) is 4.17. The van der Waals surface area contributed by atoms with Crippen molar-refractivity contribution in [2.45, 2.75) is 6.42 Å². The van der Waals surface area contributed by atoms with E-state index in [-0.39, 0.29) is 12.2 Å². The van der Waals surface area contributed by atoms with Crippen LogP contribution < -0.4 is 0 Å². The van der Waals surface area contributed by atoms with E-state index in [0.717, 1.165) is 21.7 Å². The van der Waals surface area contributed by atoms with E-state index < -0.39 is 5.97 Å². The molecule has 0 N–H and O–H groups in total. The van der Waals surface area contributed by atoms with Crippen molar-refractivity contribution in [3.05, 3.63) is 59.8 Å². The van der Waals surface area contributed by atoms with Crippen LogP contribution in [-0.4, -0.2) is 23.8 Å². The average Bonchev–Trinajstić information content (AvgIpc) is 2.60. The van der Waals surface area contributed by atoms with Gasteiger partial charge in [0.05, 0.1) is 18.2 Å². The highest BCUT2D eigenvalue weighted by atomic mass is 16.5. The Morgan fingerprint density at radius 2 is 1.96 bits per heavy atom. The molecule has 1 aliphatic carbocycles. The predicted molar refractivity (Wildman–Crippen MR) is 88.2 cm³/mol. The third-order valence-corrected chi connectivity index (χ3v) is 4.17. The van der Waals surface area contributed by atoms with Gasteiger partial charge >= 0.3 is 5.97 Å². The number of Topliss-reactive ketones (excluding diaryl/α,β-unsaturated/α-hetero) is 1. The summed E-state index contributed by atoms with van der Waals surface area (Å²) in [6.07, 6.45) is 1.79. The molecule has 3 aromatic rings. The van der Waals surface area contributed by atoms with Crippen molar-refractivity contribution in [3.8, 4) is 0 Å². The standard InChI is InChI=1S/C19H13NO3/c1-23-19(22)13-7-9-17(21)18-15(13)10-14-12-5-3-2-4-11(12)6-8-16(14)20-18/h2-8,10H,9H2,1H3. The van der Waals surface area contributed by atoms with E-state index in [2.05, 4.69) is 4.98 Å². The molecule has 4 rings (SSSR count). The largest absolute Gasteiger partial charge is 0.465 e. The molecular formula is C19H13NO3. The van der Waals surface area contributed by atoms with Crippen LogP contribution in [0.15, 0.2) is 48.5 Å². The van der Waals surface area contributed by atoms with Gasteiger partial charge in [0.1, 0.15) is 5.69 Å². The molecule has 0 bridgehead atoms. The van der Waals surface area contributed by atoms with Crippen molar-refractivity contribution in [2.75, 3.05) is 7.11 Å². The number of benzene rings is 2. The van der Waals surface area contributed by atoms with Gasteiger partial charge in [-0.05, 0) is 22.9 Å². The lowest BCUT2D eigenvalue weighted by Crippen LogP contribution is -2.15. The van der Waals surface area contributed by atoms with E-state index in [1.54, 1.807) is 6.08 Å². The Morgan fingerprint density at radius 1 is 1.13 bits per heavy atom. The maximum atomic E-state index is 12.2. The Kier molecular flexibility index (Phi) is 2.98. The number of fused-ring (bicyclic) bond motifs is 4. The lowest BCUT2D eigenvalue weighted by Gasteiger charge is -2.16. The predicted octanol–water partition coefficient (Wildman–Crippen LogP) is 3.53. The van der Waals surface area contributed by atoms with E-state index in [9.17, 15) is 9.59 Å². The summed E-state index contributed by atoms with van der Waals surface area (Å²) in [5.74, 6) is -0.525. The number of carbonyl (C=O) groups excluding carboxylic acids is 2. The number of pyridine rings is 1. The first-order valence-corrected chi connectivity index (χ1v) is 7.33. The number of rotatable bonds is 1. The summed E-state index contributed by atoms with van der Waals surface area (Å²) in [5.41, 5.74) is 2.05. The summed E-state index contributed by atoms with van der Waals surface area (Å²) >= 11 is 0. The van der Waals surface area contributed by atoms with E-state index in [4.69, 9.17) is 4.74 Å². The molecule has 2 aromatic carbocycles. The molecule has 0 spiro atoms. The minimum absolute atomic E-state index is 0.0808. The molecule has 0 atom stereocenters. The smallest absolute Gasteiger partial charge is 0.338 e. The fraction of sp³-hybridized carbons (Fsp3) is 0.105. The molecule has 112 valence electrons. The molecule has 0 aliphatic heterocycles. The minimum atomic E-state index is -0.444. The van der Waals surface area contributed by atoms with Gasteiger partial charge in [0.2, 0.25) is 0 Å².